The molecule has 0 fully saturated rings. The van der Waals surface area contributed by atoms with Gasteiger partial charge in [-0.3, -0.25) is 0 Å². The number of nitrogens with one attached hydrogen (secondary N) is 1. The standard InChI is InChI=1S/C16H12FIN2S/c17-12-7-15-14(8-13(12)18)19-16(21)20(15)11-5-9-3-1-2-4-10(9)6-11/h1-4,7-8,11H,5-6H2,(H,19,21). The molecule has 0 unspecified atom stereocenters. The molecular weight excluding hydrogens is 398 g/mol. The van der Waals surface area contributed by atoms with Gasteiger partial charge in [-0.1, -0.05) is 24.3 Å². The van der Waals surface area contributed by atoms with Crippen molar-refractivity contribution in [2.75, 3.05) is 0 Å². The van der Waals surface area contributed by atoms with Crippen molar-refractivity contribution in [3.63, 3.8) is 0 Å². The van der Waals surface area contributed by atoms with Gasteiger partial charge in [-0.15, -0.1) is 0 Å². The van der Waals surface area contributed by atoms with Crippen LogP contribution in [0.4, 0.5) is 4.39 Å². The van der Waals surface area contributed by atoms with Gasteiger partial charge >= 0.3 is 0 Å². The summed E-state index contributed by atoms with van der Waals surface area (Å²) in [7, 11) is 0. The van der Waals surface area contributed by atoms with Gasteiger partial charge in [0.2, 0.25) is 0 Å². The summed E-state index contributed by atoms with van der Waals surface area (Å²) in [5.41, 5.74) is 4.49. The monoisotopic (exact) mass is 410 g/mol. The first-order chi connectivity index (χ1) is 10.1. The van der Waals surface area contributed by atoms with E-state index in [0.29, 0.717) is 8.34 Å². The molecule has 3 aromatic rings. The third kappa shape index (κ3) is 2.14. The molecule has 2 aromatic carbocycles. The molecule has 0 bridgehead atoms. The molecule has 4 rings (SSSR count). The number of halogens is 2. The normalized spacial score (nSPS) is 14.8. The van der Waals surface area contributed by atoms with Crippen molar-refractivity contribution >= 4 is 45.8 Å². The van der Waals surface area contributed by atoms with Gasteiger partial charge < -0.3 is 9.55 Å². The highest BCUT2D eigenvalue weighted by molar-refractivity contribution is 14.1. The molecule has 2 nitrogen and oxygen atoms in total. The maximum absolute atomic E-state index is 13.9. The van der Waals surface area contributed by atoms with E-state index in [1.54, 1.807) is 6.07 Å². The number of rotatable bonds is 1. The lowest BCUT2D eigenvalue weighted by Crippen LogP contribution is -2.09. The lowest BCUT2D eigenvalue weighted by molar-refractivity contribution is 0.536. The van der Waals surface area contributed by atoms with Crippen molar-refractivity contribution in [1.29, 1.82) is 0 Å². The van der Waals surface area contributed by atoms with Gasteiger partial charge in [0.1, 0.15) is 5.82 Å². The fourth-order valence-corrected chi connectivity index (χ4v) is 4.03. The van der Waals surface area contributed by atoms with Crippen molar-refractivity contribution in [1.82, 2.24) is 9.55 Å². The van der Waals surface area contributed by atoms with Crippen LogP contribution in [0.3, 0.4) is 0 Å². The summed E-state index contributed by atoms with van der Waals surface area (Å²) in [5.74, 6) is -0.193. The van der Waals surface area contributed by atoms with Gasteiger partial charge in [-0.25, -0.2) is 4.39 Å². The van der Waals surface area contributed by atoms with Crippen LogP contribution in [0, 0.1) is 14.2 Å². The molecule has 106 valence electrons. The molecule has 5 heteroatoms. The Morgan fingerprint density at radius 3 is 2.52 bits per heavy atom. The third-order valence-electron chi connectivity index (χ3n) is 4.15. The minimum Gasteiger partial charge on any atom is -0.331 e. The number of aromatic nitrogens is 2. The SMILES string of the molecule is Fc1cc2c(cc1I)[nH]c(=S)n2C1Cc2ccccc2C1. The zero-order valence-electron chi connectivity index (χ0n) is 11.1. The van der Waals surface area contributed by atoms with E-state index >= 15 is 0 Å². The minimum atomic E-state index is -0.193. The van der Waals surface area contributed by atoms with E-state index in [9.17, 15) is 4.39 Å². The van der Waals surface area contributed by atoms with Crippen molar-refractivity contribution in [2.45, 2.75) is 18.9 Å². The van der Waals surface area contributed by atoms with Crippen LogP contribution in [0.15, 0.2) is 36.4 Å². The quantitative estimate of drug-likeness (QED) is 0.452. The predicted molar refractivity (Wildman–Crippen MR) is 92.7 cm³/mol. The Morgan fingerprint density at radius 2 is 1.86 bits per heavy atom. The Labute approximate surface area is 140 Å². The number of hydrogen-bond acceptors (Lipinski definition) is 1. The lowest BCUT2D eigenvalue weighted by Gasteiger charge is -2.13. The molecular formula is C16H12FIN2S. The maximum Gasteiger partial charge on any atom is 0.178 e. The van der Waals surface area contributed by atoms with Crippen molar-refractivity contribution in [3.05, 3.63) is 61.7 Å². The smallest absolute Gasteiger partial charge is 0.178 e. The zero-order valence-corrected chi connectivity index (χ0v) is 14.0. The molecule has 0 saturated carbocycles. The number of fused-ring (bicyclic) bond motifs is 2. The van der Waals surface area contributed by atoms with Gasteiger partial charge in [-0.2, -0.15) is 0 Å². The largest absolute Gasteiger partial charge is 0.331 e. The Kier molecular flexibility index (Phi) is 3.15. The summed E-state index contributed by atoms with van der Waals surface area (Å²) in [6.45, 7) is 0. The Morgan fingerprint density at radius 1 is 1.19 bits per heavy atom. The topological polar surface area (TPSA) is 20.7 Å². The van der Waals surface area contributed by atoms with Crippen LogP contribution < -0.4 is 0 Å². The molecule has 1 aliphatic rings. The highest BCUT2D eigenvalue weighted by Crippen LogP contribution is 2.33. The van der Waals surface area contributed by atoms with Gasteiger partial charge in [-0.05, 0) is 64.8 Å². The van der Waals surface area contributed by atoms with Crippen molar-refractivity contribution in [2.24, 2.45) is 0 Å². The van der Waals surface area contributed by atoms with Crippen LogP contribution in [-0.4, -0.2) is 9.55 Å². The van der Waals surface area contributed by atoms with E-state index in [4.69, 9.17) is 12.2 Å². The fraction of sp³-hybridized carbons (Fsp3) is 0.188. The molecule has 0 radical (unpaired) electrons. The first kappa shape index (κ1) is 13.5. The van der Waals surface area contributed by atoms with E-state index in [1.165, 1.54) is 11.1 Å². The van der Waals surface area contributed by atoms with Crippen LogP contribution in [0.5, 0.6) is 0 Å². The fourth-order valence-electron chi connectivity index (χ4n) is 3.20. The molecule has 0 atom stereocenters. The maximum atomic E-state index is 13.9. The number of imidazole rings is 1. The molecule has 0 amide bonds. The van der Waals surface area contributed by atoms with Crippen LogP contribution >= 0.6 is 34.8 Å². The Balaban J connectivity index is 1.87. The highest BCUT2D eigenvalue weighted by atomic mass is 127. The first-order valence-electron chi connectivity index (χ1n) is 6.79. The minimum absolute atomic E-state index is 0.193. The number of nitrogens with zero attached hydrogens (tertiary/aromatic N) is 1. The van der Waals surface area contributed by atoms with Gasteiger partial charge in [0.25, 0.3) is 0 Å². The van der Waals surface area contributed by atoms with Crippen molar-refractivity contribution in [3.8, 4) is 0 Å². The van der Waals surface area contributed by atoms with Crippen LogP contribution in [0.2, 0.25) is 0 Å². The third-order valence-corrected chi connectivity index (χ3v) is 5.28. The van der Waals surface area contributed by atoms with E-state index in [0.717, 1.165) is 23.9 Å². The van der Waals surface area contributed by atoms with Crippen LogP contribution in [0.25, 0.3) is 11.0 Å². The van der Waals surface area contributed by atoms with Crippen molar-refractivity contribution < 1.29 is 4.39 Å². The molecule has 0 aliphatic heterocycles. The molecule has 0 saturated heterocycles. The second-order valence-corrected chi connectivity index (χ2v) is 6.96. The van der Waals surface area contributed by atoms with E-state index < -0.39 is 0 Å². The highest BCUT2D eigenvalue weighted by Gasteiger charge is 2.24. The first-order valence-corrected chi connectivity index (χ1v) is 8.28. The average Bonchev–Trinajstić information content (AvgIpc) is 2.99. The Bertz CT molecular complexity index is 887. The lowest BCUT2D eigenvalue weighted by atomic mass is 10.1. The Hall–Kier alpha value is -1.21. The van der Waals surface area contributed by atoms with E-state index in [-0.39, 0.29) is 11.9 Å². The zero-order chi connectivity index (χ0) is 14.6. The number of H-pyrrole nitrogens is 1. The average molecular weight is 410 g/mol. The van der Waals surface area contributed by atoms with Crippen LogP contribution in [-0.2, 0) is 12.8 Å². The van der Waals surface area contributed by atoms with Gasteiger partial charge in [0.05, 0.1) is 14.6 Å². The second kappa shape index (κ2) is 4.91. The molecule has 0 spiro atoms. The molecule has 1 N–H and O–H groups in total. The number of hydrogen-bond donors (Lipinski definition) is 1. The summed E-state index contributed by atoms with van der Waals surface area (Å²) in [4.78, 5) is 3.21. The number of benzene rings is 2. The van der Waals surface area contributed by atoms with Gasteiger partial charge in [0, 0.05) is 12.1 Å². The number of aromatic amines is 1. The summed E-state index contributed by atoms with van der Waals surface area (Å²) < 4.78 is 17.3. The molecule has 1 aromatic heterocycles. The predicted octanol–water partition coefficient (Wildman–Crippen LogP) is 4.78. The second-order valence-electron chi connectivity index (χ2n) is 5.41. The molecule has 21 heavy (non-hydrogen) atoms. The van der Waals surface area contributed by atoms with E-state index in [1.807, 2.05) is 28.7 Å². The summed E-state index contributed by atoms with van der Waals surface area (Å²) in [5, 5.41) is 0. The summed E-state index contributed by atoms with van der Waals surface area (Å²) in [6.07, 6.45) is 1.90. The van der Waals surface area contributed by atoms with Gasteiger partial charge in [0.15, 0.2) is 4.77 Å². The van der Waals surface area contributed by atoms with Crippen LogP contribution in [0.1, 0.15) is 17.2 Å². The molecule has 1 aliphatic carbocycles. The summed E-state index contributed by atoms with van der Waals surface area (Å²) in [6, 6.07) is 12.1. The summed E-state index contributed by atoms with van der Waals surface area (Å²) >= 11 is 7.47. The molecule has 1 heterocycles. The van der Waals surface area contributed by atoms with E-state index in [2.05, 4.69) is 33.8 Å².